The van der Waals surface area contributed by atoms with E-state index >= 15 is 0 Å². The highest BCUT2D eigenvalue weighted by Gasteiger charge is 2.26. The maximum Gasteiger partial charge on any atom is 0.272 e. The third-order valence-electron chi connectivity index (χ3n) is 4.32. The minimum absolute atomic E-state index is 0.0598. The van der Waals surface area contributed by atoms with Crippen LogP contribution in [0.15, 0.2) is 36.4 Å². The van der Waals surface area contributed by atoms with Gasteiger partial charge in [0.25, 0.3) is 5.91 Å². The lowest BCUT2D eigenvalue weighted by molar-refractivity contribution is -0.0247. The molecule has 2 heterocycles. The molecule has 1 aromatic carbocycles. The van der Waals surface area contributed by atoms with E-state index in [0.717, 1.165) is 18.5 Å². The quantitative estimate of drug-likeness (QED) is 0.905. The second kappa shape index (κ2) is 8.07. The lowest BCUT2D eigenvalue weighted by Gasteiger charge is -2.33. The van der Waals surface area contributed by atoms with Crippen molar-refractivity contribution in [3.63, 3.8) is 0 Å². The summed E-state index contributed by atoms with van der Waals surface area (Å²) in [6.07, 6.45) is 1.91. The van der Waals surface area contributed by atoms with Gasteiger partial charge >= 0.3 is 0 Å². The molecule has 0 spiro atoms. The zero-order valence-corrected chi connectivity index (χ0v) is 14.7. The zero-order chi connectivity index (χ0) is 17.6. The van der Waals surface area contributed by atoms with Crippen molar-refractivity contribution in [2.75, 3.05) is 32.1 Å². The number of hydrogen-bond donors (Lipinski definition) is 1. The predicted octanol–water partition coefficient (Wildman–Crippen LogP) is 2.30. The summed E-state index contributed by atoms with van der Waals surface area (Å²) in [7, 11) is 1.75. The van der Waals surface area contributed by atoms with Gasteiger partial charge in [-0.15, -0.1) is 0 Å². The number of aromatic nitrogens is 2. The van der Waals surface area contributed by atoms with Gasteiger partial charge in [-0.05, 0) is 31.4 Å². The van der Waals surface area contributed by atoms with Gasteiger partial charge in [-0.1, -0.05) is 30.3 Å². The van der Waals surface area contributed by atoms with E-state index in [2.05, 4.69) is 27.4 Å². The monoisotopic (exact) mass is 340 g/mol. The number of amides is 1. The van der Waals surface area contributed by atoms with Crippen LogP contribution in [0.4, 0.5) is 5.95 Å². The molecular formula is C19H24N4O2. The second-order valence-electron chi connectivity index (χ2n) is 6.24. The highest BCUT2D eigenvalue weighted by atomic mass is 16.5. The van der Waals surface area contributed by atoms with Crippen molar-refractivity contribution in [3.05, 3.63) is 53.3 Å². The second-order valence-corrected chi connectivity index (χ2v) is 6.24. The van der Waals surface area contributed by atoms with Gasteiger partial charge in [0.05, 0.1) is 12.7 Å². The molecule has 3 rings (SSSR count). The first-order chi connectivity index (χ1) is 12.2. The maximum absolute atomic E-state index is 12.8. The fraction of sp³-hybridized carbons (Fsp3) is 0.421. The van der Waals surface area contributed by atoms with Gasteiger partial charge in [0.15, 0.2) is 0 Å². The normalized spacial score (nSPS) is 17.4. The third kappa shape index (κ3) is 4.54. The van der Waals surface area contributed by atoms with E-state index in [0.29, 0.717) is 31.3 Å². The summed E-state index contributed by atoms with van der Waals surface area (Å²) in [5, 5.41) is 2.90. The first kappa shape index (κ1) is 17.4. The van der Waals surface area contributed by atoms with Crippen molar-refractivity contribution in [1.82, 2.24) is 14.9 Å². The van der Waals surface area contributed by atoms with Crippen molar-refractivity contribution in [3.8, 4) is 0 Å². The van der Waals surface area contributed by atoms with Gasteiger partial charge in [-0.2, -0.15) is 0 Å². The summed E-state index contributed by atoms with van der Waals surface area (Å²) in [6, 6.07) is 12.1. The Balaban J connectivity index is 1.62. The summed E-state index contributed by atoms with van der Waals surface area (Å²) >= 11 is 0. The standard InChI is InChI=1S/C19H24N4O2/c1-14-12-17(22-19(20-2)21-14)18(24)23-10-11-25-16(13-23)9-8-15-6-4-3-5-7-15/h3-7,12,16H,8-11,13H2,1-2H3,(H,20,21,22)/t16-/m1/s1. The molecule has 1 atom stereocenters. The van der Waals surface area contributed by atoms with E-state index in [-0.39, 0.29) is 12.0 Å². The molecule has 1 saturated heterocycles. The molecule has 0 bridgehead atoms. The predicted molar refractivity (Wildman–Crippen MR) is 96.7 cm³/mol. The zero-order valence-electron chi connectivity index (χ0n) is 14.7. The minimum atomic E-state index is -0.0602. The van der Waals surface area contributed by atoms with Crippen molar-refractivity contribution < 1.29 is 9.53 Å². The SMILES string of the molecule is CNc1nc(C)cc(C(=O)N2CCO[C@H](CCc3ccccc3)C2)n1. The average molecular weight is 340 g/mol. The lowest BCUT2D eigenvalue weighted by Crippen LogP contribution is -2.46. The van der Waals surface area contributed by atoms with Crippen molar-refractivity contribution in [2.24, 2.45) is 0 Å². The average Bonchev–Trinajstić information content (AvgIpc) is 2.66. The number of carbonyl (C=O) groups is 1. The van der Waals surface area contributed by atoms with Crippen LogP contribution in [0.25, 0.3) is 0 Å². The number of benzene rings is 1. The van der Waals surface area contributed by atoms with Crippen LogP contribution in [0.2, 0.25) is 0 Å². The Bertz CT molecular complexity index is 721. The smallest absolute Gasteiger partial charge is 0.272 e. The van der Waals surface area contributed by atoms with Crippen molar-refractivity contribution in [2.45, 2.75) is 25.9 Å². The molecule has 6 nitrogen and oxygen atoms in total. The fourth-order valence-electron chi connectivity index (χ4n) is 3.00. The van der Waals surface area contributed by atoms with E-state index < -0.39 is 0 Å². The van der Waals surface area contributed by atoms with Crippen molar-refractivity contribution in [1.29, 1.82) is 0 Å². The molecule has 1 fully saturated rings. The molecule has 0 aliphatic carbocycles. The van der Waals surface area contributed by atoms with Gasteiger partial charge in [-0.3, -0.25) is 4.79 Å². The summed E-state index contributed by atoms with van der Waals surface area (Å²) in [5.74, 6) is 0.409. The molecule has 0 radical (unpaired) electrons. The summed E-state index contributed by atoms with van der Waals surface area (Å²) in [6.45, 7) is 3.62. The maximum atomic E-state index is 12.8. The number of carbonyl (C=O) groups excluding carboxylic acids is 1. The third-order valence-corrected chi connectivity index (χ3v) is 4.32. The van der Waals surface area contributed by atoms with Crippen LogP contribution < -0.4 is 5.32 Å². The number of morpholine rings is 1. The highest BCUT2D eigenvalue weighted by molar-refractivity contribution is 5.92. The molecule has 132 valence electrons. The van der Waals surface area contributed by atoms with Crippen LogP contribution in [0, 0.1) is 6.92 Å². The molecule has 1 amide bonds. The molecule has 6 heteroatoms. The molecular weight excluding hydrogens is 316 g/mol. The largest absolute Gasteiger partial charge is 0.375 e. The molecule has 0 saturated carbocycles. The van der Waals surface area contributed by atoms with Crippen LogP contribution in [-0.4, -0.2) is 53.6 Å². The number of nitrogens with zero attached hydrogens (tertiary/aromatic N) is 3. The van der Waals surface area contributed by atoms with Gasteiger partial charge in [-0.25, -0.2) is 9.97 Å². The first-order valence-corrected chi connectivity index (χ1v) is 8.64. The van der Waals surface area contributed by atoms with E-state index in [1.807, 2.05) is 30.0 Å². The molecule has 2 aromatic rings. The van der Waals surface area contributed by atoms with Crippen LogP contribution in [0.1, 0.15) is 28.2 Å². The van der Waals surface area contributed by atoms with Crippen LogP contribution in [-0.2, 0) is 11.2 Å². The Kier molecular flexibility index (Phi) is 5.60. The molecule has 1 N–H and O–H groups in total. The minimum Gasteiger partial charge on any atom is -0.375 e. The highest BCUT2D eigenvalue weighted by Crippen LogP contribution is 2.15. The fourth-order valence-corrected chi connectivity index (χ4v) is 3.00. The lowest BCUT2D eigenvalue weighted by atomic mass is 10.1. The Morgan fingerprint density at radius 3 is 2.88 bits per heavy atom. The summed E-state index contributed by atoms with van der Waals surface area (Å²) < 4.78 is 5.85. The van der Waals surface area contributed by atoms with Gasteiger partial charge in [0, 0.05) is 25.8 Å². The molecule has 1 aliphatic rings. The van der Waals surface area contributed by atoms with Gasteiger partial charge in [0.1, 0.15) is 5.69 Å². The molecule has 0 unspecified atom stereocenters. The molecule has 25 heavy (non-hydrogen) atoms. The van der Waals surface area contributed by atoms with Crippen LogP contribution in [0.5, 0.6) is 0 Å². The topological polar surface area (TPSA) is 67.4 Å². The van der Waals surface area contributed by atoms with E-state index in [1.54, 1.807) is 13.1 Å². The Morgan fingerprint density at radius 2 is 2.12 bits per heavy atom. The van der Waals surface area contributed by atoms with Gasteiger partial charge in [0.2, 0.25) is 5.95 Å². The number of rotatable bonds is 5. The Hall–Kier alpha value is -2.47. The van der Waals surface area contributed by atoms with E-state index in [1.165, 1.54) is 5.56 Å². The molecule has 1 aliphatic heterocycles. The molecule has 1 aromatic heterocycles. The van der Waals surface area contributed by atoms with E-state index in [4.69, 9.17) is 4.74 Å². The summed E-state index contributed by atoms with van der Waals surface area (Å²) in [5.41, 5.74) is 2.50. The number of aryl methyl sites for hydroxylation is 2. The number of anilines is 1. The number of ether oxygens (including phenoxy) is 1. The number of nitrogens with one attached hydrogen (secondary N) is 1. The van der Waals surface area contributed by atoms with Gasteiger partial charge < -0.3 is 15.0 Å². The van der Waals surface area contributed by atoms with E-state index in [9.17, 15) is 4.79 Å². The Labute approximate surface area is 148 Å². The van der Waals surface area contributed by atoms with Crippen LogP contribution in [0.3, 0.4) is 0 Å². The van der Waals surface area contributed by atoms with Crippen molar-refractivity contribution >= 4 is 11.9 Å². The Morgan fingerprint density at radius 1 is 1.32 bits per heavy atom. The number of hydrogen-bond acceptors (Lipinski definition) is 5. The van der Waals surface area contributed by atoms with Crippen LogP contribution >= 0.6 is 0 Å². The first-order valence-electron chi connectivity index (χ1n) is 8.64. The summed E-state index contributed by atoms with van der Waals surface area (Å²) in [4.78, 5) is 23.2.